The van der Waals surface area contributed by atoms with E-state index in [-0.39, 0.29) is 0 Å². The molecular weight excluding hydrogens is 330 g/mol. The molecule has 1 atom stereocenters. The molecule has 26 heavy (non-hydrogen) atoms. The summed E-state index contributed by atoms with van der Waals surface area (Å²) in [6, 6.07) is 3.92. The highest BCUT2D eigenvalue weighted by atomic mass is 16.5. The van der Waals surface area contributed by atoms with Gasteiger partial charge in [0.25, 0.3) is 0 Å². The summed E-state index contributed by atoms with van der Waals surface area (Å²) in [6.45, 7) is 4.07. The predicted molar refractivity (Wildman–Crippen MR) is 98.0 cm³/mol. The Morgan fingerprint density at radius 3 is 3.19 bits per heavy atom. The molecule has 0 bridgehead atoms. The summed E-state index contributed by atoms with van der Waals surface area (Å²) in [7, 11) is 2.09. The van der Waals surface area contributed by atoms with Crippen LogP contribution in [0.5, 0.6) is 0 Å². The van der Waals surface area contributed by atoms with Gasteiger partial charge < -0.3 is 15.0 Å². The molecule has 1 aliphatic heterocycles. The standard InChI is InChI=1S/C18H23N7O/c1-24(11-15-10-23-25-6-2-4-20-18(15)25)7-5-19-17-9-16(21-13-22-17)14-3-8-26-12-14/h2,4,6,9-10,13-14H,3,5,7-8,11-12H2,1H3,(H,19,21,22)/t14-/m1/s1. The SMILES string of the molecule is CN(CCNc1cc([C@@H]2CCOC2)ncn1)Cc1cnn2cccnc12. The van der Waals surface area contributed by atoms with Crippen LogP contribution in [-0.2, 0) is 11.3 Å². The number of anilines is 1. The Kier molecular flexibility index (Phi) is 5.03. The van der Waals surface area contributed by atoms with Crippen molar-refractivity contribution < 1.29 is 4.74 Å². The quantitative estimate of drug-likeness (QED) is 0.690. The third-order valence-corrected chi connectivity index (χ3v) is 4.63. The fourth-order valence-electron chi connectivity index (χ4n) is 3.19. The summed E-state index contributed by atoms with van der Waals surface area (Å²) in [5, 5.41) is 7.72. The van der Waals surface area contributed by atoms with Crippen molar-refractivity contribution in [1.82, 2.24) is 29.5 Å². The van der Waals surface area contributed by atoms with Gasteiger partial charge in [-0.05, 0) is 19.5 Å². The largest absolute Gasteiger partial charge is 0.381 e. The van der Waals surface area contributed by atoms with E-state index in [9.17, 15) is 0 Å². The average molecular weight is 353 g/mol. The van der Waals surface area contributed by atoms with Crippen molar-refractivity contribution in [3.8, 4) is 0 Å². The lowest BCUT2D eigenvalue weighted by Crippen LogP contribution is -2.25. The summed E-state index contributed by atoms with van der Waals surface area (Å²) >= 11 is 0. The van der Waals surface area contributed by atoms with Gasteiger partial charge in [0.2, 0.25) is 0 Å². The molecular formula is C18H23N7O. The molecule has 0 amide bonds. The Bertz CT molecular complexity index is 859. The minimum atomic E-state index is 0.393. The Hall–Kier alpha value is -2.58. The van der Waals surface area contributed by atoms with E-state index in [1.807, 2.05) is 24.5 Å². The first-order valence-electron chi connectivity index (χ1n) is 8.89. The number of ether oxygens (including phenoxy) is 1. The second-order valence-electron chi connectivity index (χ2n) is 6.61. The van der Waals surface area contributed by atoms with E-state index in [0.717, 1.165) is 62.0 Å². The number of nitrogens with one attached hydrogen (secondary N) is 1. The third-order valence-electron chi connectivity index (χ3n) is 4.63. The summed E-state index contributed by atoms with van der Waals surface area (Å²) < 4.78 is 7.25. The number of rotatable bonds is 7. The first-order valence-corrected chi connectivity index (χ1v) is 8.89. The van der Waals surface area contributed by atoms with Crippen molar-refractivity contribution in [3.63, 3.8) is 0 Å². The molecule has 0 aliphatic carbocycles. The monoisotopic (exact) mass is 353 g/mol. The lowest BCUT2D eigenvalue weighted by Gasteiger charge is -2.16. The molecule has 8 heteroatoms. The molecule has 0 spiro atoms. The lowest BCUT2D eigenvalue weighted by molar-refractivity contribution is 0.193. The summed E-state index contributed by atoms with van der Waals surface area (Å²) in [4.78, 5) is 15.3. The van der Waals surface area contributed by atoms with E-state index in [1.165, 1.54) is 0 Å². The van der Waals surface area contributed by atoms with Gasteiger partial charge in [-0.3, -0.25) is 0 Å². The van der Waals surface area contributed by atoms with Crippen molar-refractivity contribution in [2.45, 2.75) is 18.9 Å². The van der Waals surface area contributed by atoms with E-state index in [0.29, 0.717) is 5.92 Å². The van der Waals surface area contributed by atoms with Crippen LogP contribution in [0.15, 0.2) is 37.1 Å². The normalized spacial score (nSPS) is 17.2. The van der Waals surface area contributed by atoms with Gasteiger partial charge in [0.1, 0.15) is 12.1 Å². The molecule has 1 N–H and O–H groups in total. The third kappa shape index (κ3) is 3.81. The van der Waals surface area contributed by atoms with Crippen molar-refractivity contribution in [3.05, 3.63) is 48.3 Å². The van der Waals surface area contributed by atoms with Gasteiger partial charge in [0.15, 0.2) is 5.65 Å². The molecule has 8 nitrogen and oxygen atoms in total. The molecule has 1 saturated heterocycles. The van der Waals surface area contributed by atoms with E-state index in [4.69, 9.17) is 4.74 Å². The minimum absolute atomic E-state index is 0.393. The topological polar surface area (TPSA) is 80.5 Å². The van der Waals surface area contributed by atoms with Crippen LogP contribution in [0.1, 0.15) is 23.6 Å². The van der Waals surface area contributed by atoms with Crippen molar-refractivity contribution >= 4 is 11.5 Å². The Morgan fingerprint density at radius 2 is 2.31 bits per heavy atom. The van der Waals surface area contributed by atoms with Gasteiger partial charge in [-0.1, -0.05) is 0 Å². The molecule has 0 saturated carbocycles. The van der Waals surface area contributed by atoms with Crippen LogP contribution in [-0.4, -0.2) is 62.8 Å². The highest BCUT2D eigenvalue weighted by Gasteiger charge is 2.19. The first-order chi connectivity index (χ1) is 12.8. The Morgan fingerprint density at radius 1 is 1.35 bits per heavy atom. The zero-order valence-electron chi connectivity index (χ0n) is 14.9. The second kappa shape index (κ2) is 7.76. The maximum Gasteiger partial charge on any atom is 0.159 e. The van der Waals surface area contributed by atoms with Gasteiger partial charge in [0, 0.05) is 56.2 Å². The van der Waals surface area contributed by atoms with Crippen LogP contribution < -0.4 is 5.32 Å². The first kappa shape index (κ1) is 16.9. The fourth-order valence-corrected chi connectivity index (χ4v) is 3.19. The van der Waals surface area contributed by atoms with Crippen LogP contribution in [0.4, 0.5) is 5.82 Å². The zero-order valence-corrected chi connectivity index (χ0v) is 14.9. The van der Waals surface area contributed by atoms with Crippen LogP contribution in [0.3, 0.4) is 0 Å². The van der Waals surface area contributed by atoms with E-state index in [2.05, 4.69) is 37.3 Å². The van der Waals surface area contributed by atoms with Crippen molar-refractivity contribution in [1.29, 1.82) is 0 Å². The number of aromatic nitrogens is 5. The molecule has 0 radical (unpaired) electrons. The van der Waals surface area contributed by atoms with Crippen molar-refractivity contribution in [2.24, 2.45) is 0 Å². The smallest absolute Gasteiger partial charge is 0.159 e. The number of hydrogen-bond donors (Lipinski definition) is 1. The Labute approximate surface area is 152 Å². The molecule has 136 valence electrons. The zero-order chi connectivity index (χ0) is 17.8. The van der Waals surface area contributed by atoms with Crippen LogP contribution in [0, 0.1) is 0 Å². The fraction of sp³-hybridized carbons (Fsp3) is 0.444. The van der Waals surface area contributed by atoms with E-state index in [1.54, 1.807) is 17.0 Å². The number of likely N-dealkylation sites (N-methyl/N-ethyl adjacent to an activating group) is 1. The van der Waals surface area contributed by atoms with Crippen molar-refractivity contribution in [2.75, 3.05) is 38.7 Å². The van der Waals surface area contributed by atoms with Gasteiger partial charge >= 0.3 is 0 Å². The Balaban J connectivity index is 1.29. The van der Waals surface area contributed by atoms with Gasteiger partial charge in [-0.15, -0.1) is 0 Å². The van der Waals surface area contributed by atoms with Gasteiger partial charge in [-0.25, -0.2) is 19.5 Å². The molecule has 1 aliphatic rings. The maximum atomic E-state index is 5.45. The molecule has 4 rings (SSSR count). The maximum absolute atomic E-state index is 5.45. The molecule has 1 fully saturated rings. The molecule has 0 unspecified atom stereocenters. The minimum Gasteiger partial charge on any atom is -0.381 e. The molecule has 0 aromatic carbocycles. The van der Waals surface area contributed by atoms with E-state index < -0.39 is 0 Å². The molecule has 3 aromatic rings. The number of nitrogens with zero attached hydrogens (tertiary/aromatic N) is 6. The van der Waals surface area contributed by atoms with Crippen LogP contribution >= 0.6 is 0 Å². The summed E-state index contributed by atoms with van der Waals surface area (Å²) in [6.07, 6.45) is 8.25. The number of fused-ring (bicyclic) bond motifs is 1. The molecule has 4 heterocycles. The van der Waals surface area contributed by atoms with Gasteiger partial charge in [-0.2, -0.15) is 5.10 Å². The highest BCUT2D eigenvalue weighted by Crippen LogP contribution is 2.24. The lowest BCUT2D eigenvalue weighted by atomic mass is 10.1. The number of hydrogen-bond acceptors (Lipinski definition) is 7. The predicted octanol–water partition coefficient (Wildman–Crippen LogP) is 1.57. The molecule has 3 aromatic heterocycles. The summed E-state index contributed by atoms with van der Waals surface area (Å²) in [5.74, 6) is 1.26. The average Bonchev–Trinajstić information content (AvgIpc) is 3.33. The van der Waals surface area contributed by atoms with Crippen LogP contribution in [0.2, 0.25) is 0 Å². The summed E-state index contributed by atoms with van der Waals surface area (Å²) in [5.41, 5.74) is 3.09. The highest BCUT2D eigenvalue weighted by molar-refractivity contribution is 5.45. The van der Waals surface area contributed by atoms with Crippen LogP contribution in [0.25, 0.3) is 5.65 Å². The van der Waals surface area contributed by atoms with Gasteiger partial charge in [0.05, 0.1) is 18.5 Å². The van der Waals surface area contributed by atoms with E-state index >= 15 is 0 Å². The second-order valence-corrected chi connectivity index (χ2v) is 6.61.